The molecule has 30 heavy (non-hydrogen) atoms. The molecular weight excluding hydrogens is 400 g/mol. The zero-order chi connectivity index (χ0) is 20.7. The highest BCUT2D eigenvalue weighted by Crippen LogP contribution is 2.33. The van der Waals surface area contributed by atoms with Crippen molar-refractivity contribution in [2.75, 3.05) is 18.4 Å². The van der Waals surface area contributed by atoms with Crippen LogP contribution in [0, 0.1) is 0 Å². The van der Waals surface area contributed by atoms with E-state index in [1.807, 2.05) is 18.2 Å². The van der Waals surface area contributed by atoms with Crippen molar-refractivity contribution >= 4 is 32.6 Å². The highest BCUT2D eigenvalue weighted by molar-refractivity contribution is 7.89. The second-order valence-electron chi connectivity index (χ2n) is 8.01. The number of amides is 1. The Balaban J connectivity index is 1.35. The van der Waals surface area contributed by atoms with Gasteiger partial charge in [-0.3, -0.25) is 4.79 Å². The van der Waals surface area contributed by atoms with Gasteiger partial charge >= 0.3 is 0 Å². The van der Waals surface area contributed by atoms with E-state index in [1.54, 1.807) is 12.1 Å². The van der Waals surface area contributed by atoms with Crippen LogP contribution in [-0.2, 0) is 22.9 Å². The molecule has 6 nitrogen and oxygen atoms in total. The van der Waals surface area contributed by atoms with Crippen LogP contribution in [0.1, 0.15) is 47.4 Å². The summed E-state index contributed by atoms with van der Waals surface area (Å²) in [6.45, 7) is 1.12. The quantitative estimate of drug-likeness (QED) is 0.675. The van der Waals surface area contributed by atoms with E-state index >= 15 is 0 Å². The summed E-state index contributed by atoms with van der Waals surface area (Å²) >= 11 is 0. The molecule has 7 heteroatoms. The topological polar surface area (TPSA) is 79.6 Å². The van der Waals surface area contributed by atoms with Crippen LogP contribution in [0.5, 0.6) is 0 Å². The van der Waals surface area contributed by atoms with Gasteiger partial charge in [-0.2, -0.15) is 4.31 Å². The fourth-order valence-corrected chi connectivity index (χ4v) is 5.92. The number of fused-ring (bicyclic) bond motifs is 3. The minimum Gasteiger partial charge on any atom is -0.461 e. The van der Waals surface area contributed by atoms with Crippen molar-refractivity contribution in [3.63, 3.8) is 0 Å². The lowest BCUT2D eigenvalue weighted by atomic mass is 9.96. The van der Waals surface area contributed by atoms with Gasteiger partial charge in [-0.25, -0.2) is 8.42 Å². The van der Waals surface area contributed by atoms with Crippen LogP contribution in [-0.4, -0.2) is 31.7 Å². The van der Waals surface area contributed by atoms with Gasteiger partial charge in [0.25, 0.3) is 5.91 Å². The maximum absolute atomic E-state index is 12.7. The first kappa shape index (κ1) is 19.3. The molecule has 1 aliphatic carbocycles. The molecule has 0 bridgehead atoms. The average molecular weight is 425 g/mol. The summed E-state index contributed by atoms with van der Waals surface area (Å²) in [7, 11) is -3.48. The van der Waals surface area contributed by atoms with Gasteiger partial charge in [0.15, 0.2) is 0 Å². The predicted molar refractivity (Wildman–Crippen MR) is 115 cm³/mol. The van der Waals surface area contributed by atoms with Crippen molar-refractivity contribution in [1.82, 2.24) is 4.31 Å². The van der Waals surface area contributed by atoms with Crippen molar-refractivity contribution < 1.29 is 17.6 Å². The van der Waals surface area contributed by atoms with Crippen LogP contribution in [0.4, 0.5) is 5.69 Å². The van der Waals surface area contributed by atoms with Gasteiger partial charge in [-0.1, -0.05) is 0 Å². The molecule has 2 aromatic carbocycles. The molecule has 0 radical (unpaired) electrons. The van der Waals surface area contributed by atoms with E-state index in [2.05, 4.69) is 5.32 Å². The van der Waals surface area contributed by atoms with E-state index in [0.717, 1.165) is 55.3 Å². The van der Waals surface area contributed by atoms with E-state index in [0.29, 0.717) is 24.3 Å². The van der Waals surface area contributed by atoms with E-state index < -0.39 is 10.0 Å². The van der Waals surface area contributed by atoms with Crippen LogP contribution >= 0.6 is 0 Å². The molecule has 1 aliphatic heterocycles. The third-order valence-electron chi connectivity index (χ3n) is 6.03. The lowest BCUT2D eigenvalue weighted by Crippen LogP contribution is -2.27. The molecule has 0 atom stereocenters. The molecule has 1 fully saturated rings. The van der Waals surface area contributed by atoms with E-state index in [-0.39, 0.29) is 10.8 Å². The lowest BCUT2D eigenvalue weighted by Gasteiger charge is -2.15. The first-order chi connectivity index (χ1) is 14.5. The monoisotopic (exact) mass is 424 g/mol. The number of hydrogen-bond donors (Lipinski definition) is 1. The summed E-state index contributed by atoms with van der Waals surface area (Å²) in [4.78, 5) is 12.9. The van der Waals surface area contributed by atoms with E-state index in [1.165, 1.54) is 22.0 Å². The Kier molecular flexibility index (Phi) is 4.87. The first-order valence-corrected chi connectivity index (χ1v) is 11.9. The van der Waals surface area contributed by atoms with E-state index in [4.69, 9.17) is 4.42 Å². The fourth-order valence-electron chi connectivity index (χ4n) is 4.40. The molecule has 0 spiro atoms. The number of carbonyl (C=O) groups excluding carboxylic acids is 1. The molecule has 156 valence electrons. The Labute approximate surface area is 175 Å². The summed E-state index contributed by atoms with van der Waals surface area (Å²) < 4.78 is 32.7. The molecule has 2 heterocycles. The molecule has 5 rings (SSSR count). The van der Waals surface area contributed by atoms with Gasteiger partial charge in [0.1, 0.15) is 11.3 Å². The van der Waals surface area contributed by atoms with Crippen LogP contribution in [0.3, 0.4) is 0 Å². The van der Waals surface area contributed by atoms with Crippen LogP contribution in [0.2, 0.25) is 0 Å². The maximum Gasteiger partial charge on any atom is 0.255 e. The Morgan fingerprint density at radius 3 is 2.43 bits per heavy atom. The highest BCUT2D eigenvalue weighted by Gasteiger charge is 2.27. The average Bonchev–Trinajstić information content (AvgIpc) is 3.42. The van der Waals surface area contributed by atoms with Crippen LogP contribution in [0.15, 0.2) is 51.8 Å². The molecular formula is C23H24N2O4S. The van der Waals surface area contributed by atoms with Gasteiger partial charge in [-0.15, -0.1) is 0 Å². The Morgan fingerprint density at radius 1 is 0.933 bits per heavy atom. The van der Waals surface area contributed by atoms with Crippen molar-refractivity contribution in [3.05, 3.63) is 59.4 Å². The van der Waals surface area contributed by atoms with Gasteiger partial charge in [0.05, 0.1) is 4.90 Å². The summed E-state index contributed by atoms with van der Waals surface area (Å²) in [5.74, 6) is 0.798. The standard InChI is InChI=1S/C23H24N2O4S/c26-23(16-7-10-18(11-8-16)30(27,28)25-13-3-4-14-25)24-17-9-12-22-20(15-17)19-5-1-2-6-21(19)29-22/h7-12,15H,1-6,13-14H2,(H,24,26). The number of rotatable bonds is 4. The van der Waals surface area contributed by atoms with E-state index in [9.17, 15) is 13.2 Å². The number of benzene rings is 2. The van der Waals surface area contributed by atoms with Gasteiger partial charge in [0.2, 0.25) is 10.0 Å². The number of sulfonamides is 1. The number of aryl methyl sites for hydroxylation is 2. The highest BCUT2D eigenvalue weighted by atomic mass is 32.2. The first-order valence-electron chi connectivity index (χ1n) is 10.5. The molecule has 1 saturated heterocycles. The molecule has 2 aliphatic rings. The molecule has 0 saturated carbocycles. The summed E-state index contributed by atoms with van der Waals surface area (Å²) in [5, 5.41) is 3.98. The minimum absolute atomic E-state index is 0.229. The van der Waals surface area contributed by atoms with Crippen LogP contribution < -0.4 is 5.32 Å². The third kappa shape index (κ3) is 3.42. The Hall–Kier alpha value is -2.64. The van der Waals surface area contributed by atoms with Gasteiger partial charge < -0.3 is 9.73 Å². The molecule has 3 aromatic rings. The molecule has 0 unspecified atom stereocenters. The largest absolute Gasteiger partial charge is 0.461 e. The zero-order valence-electron chi connectivity index (χ0n) is 16.7. The summed E-state index contributed by atoms with van der Waals surface area (Å²) in [6.07, 6.45) is 6.07. The molecule has 1 amide bonds. The second kappa shape index (κ2) is 7.56. The smallest absolute Gasteiger partial charge is 0.255 e. The lowest BCUT2D eigenvalue weighted by molar-refractivity contribution is 0.102. The molecule has 1 aromatic heterocycles. The fraction of sp³-hybridized carbons (Fsp3) is 0.348. The number of carbonyl (C=O) groups is 1. The zero-order valence-corrected chi connectivity index (χ0v) is 17.5. The Bertz CT molecular complexity index is 1210. The number of nitrogens with zero attached hydrogens (tertiary/aromatic N) is 1. The van der Waals surface area contributed by atoms with Gasteiger partial charge in [-0.05, 0) is 74.6 Å². The number of furan rings is 1. The maximum atomic E-state index is 12.7. The number of anilines is 1. The normalized spacial score (nSPS) is 17.2. The summed E-state index contributed by atoms with van der Waals surface area (Å²) in [6, 6.07) is 11.9. The van der Waals surface area contributed by atoms with Crippen molar-refractivity contribution in [3.8, 4) is 0 Å². The van der Waals surface area contributed by atoms with Gasteiger partial charge in [0, 0.05) is 41.7 Å². The minimum atomic E-state index is -3.48. The van der Waals surface area contributed by atoms with Crippen molar-refractivity contribution in [1.29, 1.82) is 0 Å². The SMILES string of the molecule is O=C(Nc1ccc2oc3c(c2c1)CCCC3)c1ccc(S(=O)(=O)N2CCCC2)cc1. The molecule has 1 N–H and O–H groups in total. The second-order valence-corrected chi connectivity index (χ2v) is 9.95. The number of nitrogens with one attached hydrogen (secondary N) is 1. The third-order valence-corrected chi connectivity index (χ3v) is 7.95. The summed E-state index contributed by atoms with van der Waals surface area (Å²) in [5.41, 5.74) is 3.24. The number of hydrogen-bond acceptors (Lipinski definition) is 4. The predicted octanol–water partition coefficient (Wildman–Crippen LogP) is 4.35. The van der Waals surface area contributed by atoms with Crippen LogP contribution in [0.25, 0.3) is 11.0 Å². The Morgan fingerprint density at radius 2 is 1.67 bits per heavy atom. The van der Waals surface area contributed by atoms with Crippen molar-refractivity contribution in [2.45, 2.75) is 43.4 Å². The van der Waals surface area contributed by atoms with Crippen molar-refractivity contribution in [2.24, 2.45) is 0 Å².